The Kier molecular flexibility index (Phi) is 7.60. The van der Waals surface area contributed by atoms with Crippen LogP contribution in [0.5, 0.6) is 5.75 Å². The van der Waals surface area contributed by atoms with Crippen LogP contribution in [0.3, 0.4) is 0 Å². The first-order chi connectivity index (χ1) is 20.5. The second kappa shape index (κ2) is 11.6. The van der Waals surface area contributed by atoms with Gasteiger partial charge in [-0.3, -0.25) is 18.9 Å². The number of aryl methyl sites for hydroxylation is 1. The summed E-state index contributed by atoms with van der Waals surface area (Å²) in [5, 5.41) is 20.6. The average Bonchev–Trinajstić information content (AvgIpc) is 3.69. The molecule has 1 aliphatic heterocycles. The highest BCUT2D eigenvalue weighted by Gasteiger charge is 2.49. The van der Waals surface area contributed by atoms with Gasteiger partial charge in [0.15, 0.2) is 10.1 Å². The quantitative estimate of drug-likeness (QED) is 0.0554. The van der Waals surface area contributed by atoms with Crippen LogP contribution in [0.1, 0.15) is 28.6 Å². The first-order valence-electron chi connectivity index (χ1n) is 13.0. The molecule has 1 fully saturated rings. The van der Waals surface area contributed by atoms with Crippen LogP contribution in [0.15, 0.2) is 102 Å². The van der Waals surface area contributed by atoms with Crippen LogP contribution < -0.4 is 9.64 Å². The smallest absolute Gasteiger partial charge is 0.301 e. The van der Waals surface area contributed by atoms with E-state index in [9.17, 15) is 14.7 Å². The van der Waals surface area contributed by atoms with E-state index in [4.69, 9.17) is 4.74 Å². The minimum Gasteiger partial charge on any atom is -0.505 e. The predicted molar refractivity (Wildman–Crippen MR) is 163 cm³/mol. The molecule has 11 heteroatoms. The van der Waals surface area contributed by atoms with Gasteiger partial charge in [-0.1, -0.05) is 84.3 Å². The monoisotopic (exact) mass is 595 g/mol. The number of aliphatic hydroxyl groups is 1. The molecule has 1 amide bonds. The van der Waals surface area contributed by atoms with E-state index >= 15 is 0 Å². The van der Waals surface area contributed by atoms with Gasteiger partial charge < -0.3 is 9.84 Å². The van der Waals surface area contributed by atoms with E-state index in [1.54, 1.807) is 60.0 Å². The number of imidazole rings is 1. The number of ketones is 1. The van der Waals surface area contributed by atoms with Crippen molar-refractivity contribution in [3.05, 3.63) is 120 Å². The molecule has 1 unspecified atom stereocenters. The molecule has 1 atom stereocenters. The van der Waals surface area contributed by atoms with Crippen LogP contribution >= 0.6 is 23.1 Å². The first kappa shape index (κ1) is 27.4. The Morgan fingerprint density at radius 1 is 1.07 bits per heavy atom. The molecule has 0 aliphatic carbocycles. The number of amides is 1. The molecule has 9 nitrogen and oxygen atoms in total. The lowest BCUT2D eigenvalue weighted by Gasteiger charge is -2.22. The molecule has 0 spiro atoms. The van der Waals surface area contributed by atoms with Gasteiger partial charge in [0, 0.05) is 11.9 Å². The summed E-state index contributed by atoms with van der Waals surface area (Å²) >= 11 is 2.72. The van der Waals surface area contributed by atoms with E-state index in [1.165, 1.54) is 28.0 Å². The van der Waals surface area contributed by atoms with Crippen molar-refractivity contribution in [1.29, 1.82) is 0 Å². The highest BCUT2D eigenvalue weighted by Crippen LogP contribution is 2.44. The van der Waals surface area contributed by atoms with Crippen molar-refractivity contribution in [2.24, 2.45) is 0 Å². The van der Waals surface area contributed by atoms with Crippen molar-refractivity contribution in [2.45, 2.75) is 23.1 Å². The third-order valence-corrected chi connectivity index (χ3v) is 8.87. The maximum atomic E-state index is 13.7. The molecule has 0 radical (unpaired) electrons. The molecular formula is C31H25N5O4S2. The molecule has 210 valence electrons. The number of aliphatic hydroxyl groups excluding tert-OH is 1. The van der Waals surface area contributed by atoms with Crippen LogP contribution in [0.2, 0.25) is 0 Å². The number of rotatable bonds is 9. The molecule has 1 saturated heterocycles. The standard InChI is InChI=1S/C31H25N5O4S2/c1-3-17-40-22-14-12-21(13-15-22)26-24(27(37)25-19(2)32-23-11-7-8-16-35(23)25)28(38)29(39)36(26)30-33-34-31(42-30)41-18-20-9-5-4-6-10-20/h3-16,26,37H,1,17-18H2,2H3/b27-24+. The van der Waals surface area contributed by atoms with Gasteiger partial charge in [-0.2, -0.15) is 0 Å². The minimum absolute atomic E-state index is 0.0535. The van der Waals surface area contributed by atoms with Crippen LogP contribution in [-0.4, -0.2) is 43.0 Å². The van der Waals surface area contributed by atoms with Gasteiger partial charge in [-0.25, -0.2) is 4.98 Å². The van der Waals surface area contributed by atoms with Gasteiger partial charge in [-0.05, 0) is 42.3 Å². The number of anilines is 1. The minimum atomic E-state index is -0.952. The lowest BCUT2D eigenvalue weighted by molar-refractivity contribution is -0.132. The van der Waals surface area contributed by atoms with Crippen molar-refractivity contribution in [1.82, 2.24) is 19.6 Å². The summed E-state index contributed by atoms with van der Waals surface area (Å²) in [6.07, 6.45) is 3.39. The topological polar surface area (TPSA) is 110 Å². The zero-order valence-electron chi connectivity index (χ0n) is 22.5. The molecule has 1 N–H and O–H groups in total. The number of fused-ring (bicyclic) bond motifs is 1. The fourth-order valence-electron chi connectivity index (χ4n) is 4.85. The number of hydrogen-bond donors (Lipinski definition) is 1. The predicted octanol–water partition coefficient (Wildman–Crippen LogP) is 5.98. The Bertz CT molecular complexity index is 1830. The summed E-state index contributed by atoms with van der Waals surface area (Å²) in [7, 11) is 0. The van der Waals surface area contributed by atoms with E-state index < -0.39 is 17.7 Å². The fraction of sp³-hybridized carbons (Fsp3) is 0.129. The lowest BCUT2D eigenvalue weighted by Crippen LogP contribution is -2.29. The summed E-state index contributed by atoms with van der Waals surface area (Å²) in [5.41, 5.74) is 3.14. The number of ether oxygens (including phenoxy) is 1. The number of pyridine rings is 1. The first-order valence-corrected chi connectivity index (χ1v) is 14.9. The second-order valence-corrected chi connectivity index (χ2v) is 11.6. The lowest BCUT2D eigenvalue weighted by atomic mass is 9.96. The Labute approximate surface area is 249 Å². The third-order valence-electron chi connectivity index (χ3n) is 6.74. The Hall–Kier alpha value is -4.74. The van der Waals surface area contributed by atoms with Gasteiger partial charge in [0.25, 0.3) is 5.78 Å². The Balaban J connectivity index is 1.44. The Morgan fingerprint density at radius 3 is 2.60 bits per heavy atom. The van der Waals surface area contributed by atoms with Crippen molar-refractivity contribution >= 4 is 51.3 Å². The third kappa shape index (κ3) is 5.08. The van der Waals surface area contributed by atoms with E-state index in [2.05, 4.69) is 21.8 Å². The molecule has 6 rings (SSSR count). The molecule has 1 aliphatic rings. The Morgan fingerprint density at radius 2 is 1.83 bits per heavy atom. The van der Waals surface area contributed by atoms with E-state index in [0.717, 1.165) is 5.56 Å². The summed E-state index contributed by atoms with van der Waals surface area (Å²) < 4.78 is 7.98. The van der Waals surface area contributed by atoms with Crippen molar-refractivity contribution in [2.75, 3.05) is 11.5 Å². The number of Topliss-reactive ketones (excluding diaryl/α,β-unsaturated/α-hetero) is 1. The summed E-state index contributed by atoms with van der Waals surface area (Å²) in [5.74, 6) is -0.646. The molecule has 42 heavy (non-hydrogen) atoms. The van der Waals surface area contributed by atoms with Crippen LogP contribution in [0.4, 0.5) is 5.13 Å². The van der Waals surface area contributed by atoms with Crippen LogP contribution in [0, 0.1) is 6.92 Å². The summed E-state index contributed by atoms with van der Waals surface area (Å²) in [6, 6.07) is 21.5. The zero-order valence-corrected chi connectivity index (χ0v) is 24.1. The van der Waals surface area contributed by atoms with Gasteiger partial charge in [0.05, 0.1) is 17.3 Å². The van der Waals surface area contributed by atoms with Crippen LogP contribution in [-0.2, 0) is 15.3 Å². The maximum absolute atomic E-state index is 13.7. The average molecular weight is 596 g/mol. The second-order valence-electron chi connectivity index (χ2n) is 9.44. The number of aromatic nitrogens is 4. The van der Waals surface area contributed by atoms with Gasteiger partial charge in [-0.15, -0.1) is 10.2 Å². The molecule has 0 bridgehead atoms. The number of carbonyl (C=O) groups is 2. The number of benzene rings is 2. The largest absolute Gasteiger partial charge is 0.505 e. The summed E-state index contributed by atoms with van der Waals surface area (Å²) in [4.78, 5) is 33.1. The van der Waals surface area contributed by atoms with E-state index in [0.29, 0.717) is 45.0 Å². The molecule has 5 aromatic rings. The van der Waals surface area contributed by atoms with Gasteiger partial charge in [0.1, 0.15) is 23.7 Å². The van der Waals surface area contributed by atoms with Gasteiger partial charge in [0.2, 0.25) is 5.13 Å². The van der Waals surface area contributed by atoms with Crippen LogP contribution in [0.25, 0.3) is 11.4 Å². The van der Waals surface area contributed by atoms with Crippen molar-refractivity contribution in [3.63, 3.8) is 0 Å². The zero-order chi connectivity index (χ0) is 29.2. The normalized spacial score (nSPS) is 16.3. The number of hydrogen-bond acceptors (Lipinski definition) is 9. The molecule has 4 heterocycles. The number of thioether (sulfide) groups is 1. The summed E-state index contributed by atoms with van der Waals surface area (Å²) in [6.45, 7) is 5.75. The SMILES string of the molecule is C=CCOc1ccc(C2/C(=C(\O)c3c(C)nc4ccccn34)C(=O)C(=O)N2c2nnc(SCc3ccccc3)s2)cc1. The number of carbonyl (C=O) groups excluding carboxylic acids is 2. The molecule has 0 saturated carbocycles. The fourth-order valence-corrected chi connectivity index (χ4v) is 6.67. The highest BCUT2D eigenvalue weighted by molar-refractivity contribution is 8.00. The van der Waals surface area contributed by atoms with Crippen molar-refractivity contribution in [3.8, 4) is 5.75 Å². The molecule has 2 aromatic carbocycles. The molecule has 3 aromatic heterocycles. The number of nitrogens with zero attached hydrogens (tertiary/aromatic N) is 5. The maximum Gasteiger partial charge on any atom is 0.301 e. The highest BCUT2D eigenvalue weighted by atomic mass is 32.2. The molecular weight excluding hydrogens is 571 g/mol. The van der Waals surface area contributed by atoms with E-state index in [1.807, 2.05) is 36.4 Å². The van der Waals surface area contributed by atoms with Gasteiger partial charge >= 0.3 is 5.91 Å². The van der Waals surface area contributed by atoms with E-state index in [-0.39, 0.29) is 16.5 Å². The van der Waals surface area contributed by atoms with Crippen molar-refractivity contribution < 1.29 is 19.4 Å².